The van der Waals surface area contributed by atoms with Crippen LogP contribution in [0.1, 0.15) is 34.5 Å². The van der Waals surface area contributed by atoms with E-state index >= 15 is 0 Å². The lowest BCUT2D eigenvalue weighted by Gasteiger charge is -2.34. The van der Waals surface area contributed by atoms with Gasteiger partial charge in [-0.25, -0.2) is 9.48 Å². The van der Waals surface area contributed by atoms with Crippen molar-refractivity contribution in [3.05, 3.63) is 65.5 Å². The summed E-state index contributed by atoms with van der Waals surface area (Å²) in [6.07, 6.45) is 1.67. The molecule has 12 heteroatoms. The highest BCUT2D eigenvalue weighted by Crippen LogP contribution is 2.29. The third-order valence-electron chi connectivity index (χ3n) is 6.48. The molecule has 0 spiro atoms. The normalized spacial score (nSPS) is 16.8. The standard InChI is InChI=1S/C26H28B2N4O5S/c1-15-21(14-32(30-15)19-6-8-20(38)9-7-19)24(34)29-18-5-4-16(22(11-18)37-26(27)28)12-31-10-2-3-17(13-31)23(33)25(35)36/h4-9,11,14,17,23,26,33,38H,2-3,10,12-13H2,1H3,(H,29,34)(H,35,36). The topological polar surface area (TPSA) is 117 Å². The Morgan fingerprint density at radius 3 is 2.66 bits per heavy atom. The second-order valence-electron chi connectivity index (χ2n) is 9.37. The van der Waals surface area contributed by atoms with E-state index in [1.165, 1.54) is 0 Å². The predicted molar refractivity (Wildman–Crippen MR) is 148 cm³/mol. The van der Waals surface area contributed by atoms with E-state index in [2.05, 4.69) is 27.9 Å². The van der Waals surface area contributed by atoms with Crippen LogP contribution in [0.15, 0.2) is 53.6 Å². The number of anilines is 1. The summed E-state index contributed by atoms with van der Waals surface area (Å²) in [5.41, 5.74) is 3.04. The molecule has 1 saturated heterocycles. The monoisotopic (exact) mass is 530 g/mol. The molecular formula is C26H28B2N4O5S. The molecule has 3 N–H and O–H groups in total. The van der Waals surface area contributed by atoms with Crippen molar-refractivity contribution in [1.82, 2.24) is 14.7 Å². The van der Waals surface area contributed by atoms with Gasteiger partial charge in [0.2, 0.25) is 0 Å². The molecule has 3 aromatic rings. The number of nitrogens with one attached hydrogen (secondary N) is 1. The molecule has 9 nitrogen and oxygen atoms in total. The summed E-state index contributed by atoms with van der Waals surface area (Å²) in [7, 11) is 11.4. The molecule has 194 valence electrons. The van der Waals surface area contributed by atoms with E-state index in [4.69, 9.17) is 25.5 Å². The number of carbonyl (C=O) groups excluding carboxylic acids is 1. The molecular weight excluding hydrogens is 502 g/mol. The molecule has 2 heterocycles. The molecule has 4 radical (unpaired) electrons. The number of aliphatic carboxylic acids is 1. The van der Waals surface area contributed by atoms with E-state index in [9.17, 15) is 14.7 Å². The van der Waals surface area contributed by atoms with E-state index in [1.54, 1.807) is 36.0 Å². The van der Waals surface area contributed by atoms with Crippen molar-refractivity contribution in [3.8, 4) is 11.4 Å². The van der Waals surface area contributed by atoms with Crippen LogP contribution in [0.25, 0.3) is 5.69 Å². The third kappa shape index (κ3) is 6.80. The van der Waals surface area contributed by atoms with E-state index < -0.39 is 18.0 Å². The fourth-order valence-corrected chi connectivity index (χ4v) is 4.72. The smallest absolute Gasteiger partial charge is 0.332 e. The molecule has 2 atom stereocenters. The van der Waals surface area contributed by atoms with Crippen LogP contribution in [0.3, 0.4) is 0 Å². The number of nitrogens with zero attached hydrogens (tertiary/aromatic N) is 3. The molecule has 0 saturated carbocycles. The molecule has 1 aliphatic rings. The lowest BCUT2D eigenvalue weighted by molar-refractivity contribution is -0.150. The highest BCUT2D eigenvalue weighted by atomic mass is 32.1. The Labute approximate surface area is 229 Å². The predicted octanol–water partition coefficient (Wildman–Crippen LogP) is 2.38. The molecule has 4 rings (SSSR count). The van der Waals surface area contributed by atoms with Gasteiger partial charge in [-0.1, -0.05) is 6.07 Å². The van der Waals surface area contributed by atoms with Crippen LogP contribution in [0.2, 0.25) is 0 Å². The second kappa shape index (κ2) is 12.1. The van der Waals surface area contributed by atoms with Gasteiger partial charge in [-0.2, -0.15) is 5.10 Å². The van der Waals surface area contributed by atoms with Crippen molar-refractivity contribution in [2.45, 2.75) is 43.2 Å². The molecule has 38 heavy (non-hydrogen) atoms. The first-order valence-electron chi connectivity index (χ1n) is 12.2. The Kier molecular flexibility index (Phi) is 8.86. The summed E-state index contributed by atoms with van der Waals surface area (Å²) in [4.78, 5) is 27.2. The zero-order valence-corrected chi connectivity index (χ0v) is 21.8. The van der Waals surface area contributed by atoms with Gasteiger partial charge < -0.3 is 20.3 Å². The van der Waals surface area contributed by atoms with E-state index in [-0.39, 0.29) is 11.8 Å². The molecule has 0 bridgehead atoms. The molecule has 0 aliphatic carbocycles. The molecule has 1 aromatic heterocycles. The summed E-state index contributed by atoms with van der Waals surface area (Å²) >= 11 is 4.30. The summed E-state index contributed by atoms with van der Waals surface area (Å²) in [5, 5.41) is 26.5. The Morgan fingerprint density at radius 2 is 1.97 bits per heavy atom. The first-order chi connectivity index (χ1) is 18.1. The third-order valence-corrected chi connectivity index (χ3v) is 6.78. The minimum Gasteiger partial charge on any atom is -0.509 e. The minimum atomic E-state index is -1.40. The highest BCUT2D eigenvalue weighted by Gasteiger charge is 2.30. The van der Waals surface area contributed by atoms with Crippen LogP contribution >= 0.6 is 12.6 Å². The average molecular weight is 530 g/mol. The van der Waals surface area contributed by atoms with Crippen LogP contribution in [-0.4, -0.2) is 77.6 Å². The quantitative estimate of drug-likeness (QED) is 0.248. The highest BCUT2D eigenvalue weighted by molar-refractivity contribution is 7.80. The van der Waals surface area contributed by atoms with Gasteiger partial charge in [0.15, 0.2) is 6.10 Å². The number of carboxylic acids is 1. The van der Waals surface area contributed by atoms with E-state index in [0.29, 0.717) is 42.2 Å². The maximum Gasteiger partial charge on any atom is 0.332 e. The number of likely N-dealkylation sites (tertiary alicyclic amines) is 1. The second-order valence-corrected chi connectivity index (χ2v) is 9.89. The molecule has 2 unspecified atom stereocenters. The fraction of sp³-hybridized carbons (Fsp3) is 0.346. The number of carboxylic acid groups (broad SMARTS) is 1. The number of amides is 1. The summed E-state index contributed by atoms with van der Waals surface area (Å²) in [6, 6.07) is 12.6. The van der Waals surface area contributed by atoms with Gasteiger partial charge in [-0.05, 0) is 56.6 Å². The number of hydrogen-bond acceptors (Lipinski definition) is 7. The Bertz CT molecular complexity index is 1300. The number of rotatable bonds is 9. The van der Waals surface area contributed by atoms with Gasteiger partial charge in [0.05, 0.1) is 16.9 Å². The number of aliphatic hydroxyl groups is 1. The van der Waals surface area contributed by atoms with Gasteiger partial charge in [-0.3, -0.25) is 9.69 Å². The largest absolute Gasteiger partial charge is 0.509 e. The fourth-order valence-electron chi connectivity index (χ4n) is 4.57. The Balaban J connectivity index is 1.49. The number of aromatic nitrogens is 2. The Hall–Kier alpha value is -3.21. The van der Waals surface area contributed by atoms with Gasteiger partial charge >= 0.3 is 5.97 Å². The molecule has 1 fully saturated rings. The molecule has 2 aromatic carbocycles. The van der Waals surface area contributed by atoms with Crippen LogP contribution in [-0.2, 0) is 11.3 Å². The van der Waals surface area contributed by atoms with Crippen LogP contribution < -0.4 is 10.1 Å². The van der Waals surface area contributed by atoms with Crippen LogP contribution in [0.5, 0.6) is 5.75 Å². The minimum absolute atomic E-state index is 0.336. The number of aliphatic hydroxyl groups excluding tert-OH is 1. The Morgan fingerprint density at radius 1 is 1.24 bits per heavy atom. The van der Waals surface area contributed by atoms with E-state index in [0.717, 1.165) is 29.1 Å². The zero-order chi connectivity index (χ0) is 27.4. The van der Waals surface area contributed by atoms with E-state index in [1.807, 2.05) is 24.3 Å². The van der Waals surface area contributed by atoms with Crippen molar-refractivity contribution >= 4 is 45.9 Å². The first kappa shape index (κ1) is 27.8. The van der Waals surface area contributed by atoms with Gasteiger partial charge in [-0.15, -0.1) is 12.6 Å². The summed E-state index contributed by atoms with van der Waals surface area (Å²) in [5.74, 6) is -2.59. The maximum atomic E-state index is 13.1. The lowest BCUT2D eigenvalue weighted by Crippen LogP contribution is -2.42. The molecule has 1 aliphatic heterocycles. The van der Waals surface area contributed by atoms with Crippen LogP contribution in [0, 0.1) is 12.8 Å². The number of hydrogen-bond donors (Lipinski definition) is 4. The number of ether oxygens (including phenoxy) is 1. The number of benzene rings is 2. The van der Waals surface area contributed by atoms with Gasteiger partial charge in [0.1, 0.15) is 21.4 Å². The van der Waals surface area contributed by atoms with Crippen LogP contribution in [0.4, 0.5) is 5.69 Å². The summed E-state index contributed by atoms with van der Waals surface area (Å²) < 4.78 is 7.27. The summed E-state index contributed by atoms with van der Waals surface area (Å²) in [6.45, 7) is 3.38. The first-order valence-corrected chi connectivity index (χ1v) is 12.7. The molecule has 1 amide bonds. The van der Waals surface area contributed by atoms with Crippen molar-refractivity contribution in [1.29, 1.82) is 0 Å². The van der Waals surface area contributed by atoms with Gasteiger partial charge in [0, 0.05) is 53.3 Å². The van der Waals surface area contributed by atoms with Crippen molar-refractivity contribution < 1.29 is 24.5 Å². The zero-order valence-electron chi connectivity index (χ0n) is 20.9. The lowest BCUT2D eigenvalue weighted by atomic mass is 9.82. The number of carbonyl (C=O) groups is 2. The van der Waals surface area contributed by atoms with Crippen molar-refractivity contribution in [2.75, 3.05) is 18.4 Å². The number of piperidine rings is 1. The van der Waals surface area contributed by atoms with Crippen molar-refractivity contribution in [2.24, 2.45) is 5.92 Å². The maximum absolute atomic E-state index is 13.1. The SMILES string of the molecule is [B]C([B])Oc1cc(NC(=O)c2cn(-c3ccc(S)cc3)nc2C)ccc1CN1CCCC(C(O)C(=O)O)C1. The average Bonchev–Trinajstić information content (AvgIpc) is 3.27. The number of thiol groups is 1. The number of aryl methyl sites for hydroxylation is 1. The van der Waals surface area contributed by atoms with Crippen molar-refractivity contribution in [3.63, 3.8) is 0 Å². The van der Waals surface area contributed by atoms with Gasteiger partial charge in [0.25, 0.3) is 5.91 Å².